The predicted octanol–water partition coefficient (Wildman–Crippen LogP) is 6.78. The van der Waals surface area contributed by atoms with Crippen LogP contribution in [0.15, 0.2) is 116 Å². The van der Waals surface area contributed by atoms with Gasteiger partial charge in [0, 0.05) is 23.3 Å². The molecule has 0 heterocycles. The molecule has 0 saturated heterocycles. The second-order valence-corrected chi connectivity index (χ2v) is 9.26. The van der Waals surface area contributed by atoms with Gasteiger partial charge in [-0.05, 0) is 78.2 Å². The van der Waals surface area contributed by atoms with Crippen molar-refractivity contribution in [2.45, 2.75) is 13.8 Å². The van der Waals surface area contributed by atoms with E-state index >= 15 is 0 Å². The Hall–Kier alpha value is -5.76. The maximum Gasteiger partial charge on any atom is 0.343 e. The van der Waals surface area contributed by atoms with Crippen LogP contribution in [-0.4, -0.2) is 23.9 Å². The Kier molecular flexibility index (Phi) is 8.78. The molecule has 0 atom stereocenters. The van der Waals surface area contributed by atoms with Gasteiger partial charge in [0.25, 0.3) is 0 Å². The topological polar surface area (TPSA) is 105 Å². The number of ether oxygens (including phenoxy) is 4. The molecule has 4 aromatic carbocycles. The Labute approximate surface area is 242 Å². The maximum absolute atomic E-state index is 12.8. The van der Waals surface area contributed by atoms with Gasteiger partial charge in [0.05, 0.1) is 5.56 Å². The Balaban J connectivity index is 1.49. The van der Waals surface area contributed by atoms with Crippen LogP contribution >= 0.6 is 0 Å². The van der Waals surface area contributed by atoms with Gasteiger partial charge < -0.3 is 18.9 Å². The Morgan fingerprint density at radius 2 is 1.17 bits per heavy atom. The highest BCUT2D eigenvalue weighted by atomic mass is 16.6. The molecule has 4 aromatic rings. The smallest absolute Gasteiger partial charge is 0.343 e. The summed E-state index contributed by atoms with van der Waals surface area (Å²) in [5.74, 6) is -2.33. The largest absolute Gasteiger partial charge is 0.423 e. The zero-order chi connectivity index (χ0) is 30.4. The second-order valence-electron chi connectivity index (χ2n) is 9.26. The molecule has 0 aliphatic rings. The van der Waals surface area contributed by atoms with E-state index in [2.05, 4.69) is 19.7 Å². The summed E-state index contributed by atoms with van der Waals surface area (Å²) in [5, 5.41) is 1.83. The third-order valence-electron chi connectivity index (χ3n) is 5.88. The normalized spacial score (nSPS) is 10.3. The number of benzene rings is 4. The number of fused-ring (bicyclic) bond motifs is 1. The Morgan fingerprint density at radius 3 is 1.83 bits per heavy atom. The van der Waals surface area contributed by atoms with E-state index in [0.29, 0.717) is 11.3 Å². The highest BCUT2D eigenvalue weighted by Crippen LogP contribution is 2.33. The third-order valence-corrected chi connectivity index (χ3v) is 5.88. The average molecular weight is 563 g/mol. The molecule has 4 rings (SSSR count). The summed E-state index contributed by atoms with van der Waals surface area (Å²) in [4.78, 5) is 48.4. The second kappa shape index (κ2) is 12.6. The molecule has 0 aliphatic heterocycles. The zero-order valence-electron chi connectivity index (χ0n) is 23.0. The van der Waals surface area contributed by atoms with Crippen LogP contribution in [0.4, 0.5) is 0 Å². The van der Waals surface area contributed by atoms with Gasteiger partial charge in [0.1, 0.15) is 11.5 Å². The van der Waals surface area contributed by atoms with Crippen molar-refractivity contribution < 1.29 is 38.1 Å². The lowest BCUT2D eigenvalue weighted by atomic mass is 10.00. The van der Waals surface area contributed by atoms with E-state index in [1.165, 1.54) is 25.1 Å². The van der Waals surface area contributed by atoms with E-state index in [4.69, 9.17) is 18.9 Å². The molecular weight excluding hydrogens is 536 g/mol. The van der Waals surface area contributed by atoms with Gasteiger partial charge in [-0.15, -0.1) is 0 Å². The Bertz CT molecular complexity index is 1760. The molecule has 0 aromatic heterocycles. The van der Waals surface area contributed by atoms with Crippen LogP contribution in [0.5, 0.6) is 23.0 Å². The van der Waals surface area contributed by atoms with Crippen molar-refractivity contribution in [2.24, 2.45) is 0 Å². The van der Waals surface area contributed by atoms with E-state index in [0.717, 1.165) is 28.0 Å². The lowest BCUT2D eigenvalue weighted by Crippen LogP contribution is -2.12. The number of hydrogen-bond acceptors (Lipinski definition) is 8. The van der Waals surface area contributed by atoms with E-state index in [9.17, 15) is 19.2 Å². The van der Waals surface area contributed by atoms with Crippen molar-refractivity contribution in [1.29, 1.82) is 0 Å². The van der Waals surface area contributed by atoms with Crippen molar-refractivity contribution in [2.75, 3.05) is 0 Å². The fourth-order valence-electron chi connectivity index (χ4n) is 3.68. The average Bonchev–Trinajstić information content (AvgIpc) is 2.97. The first-order valence-corrected chi connectivity index (χ1v) is 12.6. The summed E-state index contributed by atoms with van der Waals surface area (Å²) in [6.07, 6.45) is 0.944. The first-order chi connectivity index (χ1) is 20.0. The first-order valence-electron chi connectivity index (χ1n) is 12.6. The molecule has 0 radical (unpaired) electrons. The SMILES string of the molecule is C=CC(=O)Oc1cc(OC(=O)c2ccc(-c3ccc4cc(OC(=O)C(=C)C)ccc4c3)cc2)ccc1OC(=O)C(=C)C. The molecule has 42 heavy (non-hydrogen) atoms. The molecule has 0 saturated carbocycles. The molecule has 0 fully saturated rings. The third kappa shape index (κ3) is 7.05. The molecule has 8 heteroatoms. The van der Waals surface area contributed by atoms with Crippen molar-refractivity contribution in [1.82, 2.24) is 0 Å². The summed E-state index contributed by atoms with van der Waals surface area (Å²) in [5.41, 5.74) is 2.53. The van der Waals surface area contributed by atoms with Crippen LogP contribution < -0.4 is 18.9 Å². The fourth-order valence-corrected chi connectivity index (χ4v) is 3.68. The minimum atomic E-state index is -0.790. The van der Waals surface area contributed by atoms with E-state index in [1.807, 2.05) is 24.3 Å². The van der Waals surface area contributed by atoms with Crippen molar-refractivity contribution in [3.8, 4) is 34.1 Å². The van der Waals surface area contributed by atoms with Crippen LogP contribution in [0.2, 0.25) is 0 Å². The van der Waals surface area contributed by atoms with Crippen molar-refractivity contribution in [3.05, 3.63) is 121 Å². The summed E-state index contributed by atoms with van der Waals surface area (Å²) in [7, 11) is 0. The van der Waals surface area contributed by atoms with Gasteiger partial charge >= 0.3 is 23.9 Å². The van der Waals surface area contributed by atoms with Gasteiger partial charge in [-0.2, -0.15) is 0 Å². The molecule has 0 aliphatic carbocycles. The quantitative estimate of drug-likeness (QED) is 0.125. The summed E-state index contributed by atoms with van der Waals surface area (Å²) < 4.78 is 21.1. The number of carbonyl (C=O) groups excluding carboxylic acids is 4. The van der Waals surface area contributed by atoms with Gasteiger partial charge in [0.15, 0.2) is 11.5 Å². The lowest BCUT2D eigenvalue weighted by molar-refractivity contribution is -0.132. The monoisotopic (exact) mass is 562 g/mol. The molecule has 210 valence electrons. The standard InChI is InChI=1S/C34H26O8/c1-6-31(35)41-30-19-28(15-16-29(30)42-33(37)21(4)5)40-34(38)23-9-7-22(8-10-23)24-11-12-26-18-27(14-13-25(26)17-24)39-32(36)20(2)3/h6-19H,1-2,4H2,3,5H3. The molecule has 0 unspecified atom stereocenters. The molecule has 0 N–H and O–H groups in total. The van der Waals surface area contributed by atoms with Crippen molar-refractivity contribution >= 4 is 34.6 Å². The summed E-state index contributed by atoms with van der Waals surface area (Å²) >= 11 is 0. The molecule has 0 amide bonds. The van der Waals surface area contributed by atoms with Crippen molar-refractivity contribution in [3.63, 3.8) is 0 Å². The summed E-state index contributed by atoms with van der Waals surface area (Å²) in [6.45, 7) is 13.5. The van der Waals surface area contributed by atoms with Crippen LogP contribution in [-0.2, 0) is 14.4 Å². The minimum Gasteiger partial charge on any atom is -0.423 e. The van der Waals surface area contributed by atoms with Gasteiger partial charge in [-0.3, -0.25) is 0 Å². The van der Waals surface area contributed by atoms with Gasteiger partial charge in [-0.25, -0.2) is 19.2 Å². The van der Waals surface area contributed by atoms with Gasteiger partial charge in [0.2, 0.25) is 0 Å². The molecule has 8 nitrogen and oxygen atoms in total. The lowest BCUT2D eigenvalue weighted by Gasteiger charge is -2.12. The van der Waals surface area contributed by atoms with E-state index < -0.39 is 23.9 Å². The first kappa shape index (κ1) is 29.2. The van der Waals surface area contributed by atoms with Crippen LogP contribution in [0.3, 0.4) is 0 Å². The molecular formula is C34H26O8. The van der Waals surface area contributed by atoms with E-state index in [1.54, 1.807) is 43.3 Å². The highest BCUT2D eigenvalue weighted by Gasteiger charge is 2.17. The maximum atomic E-state index is 12.8. The fraction of sp³-hybridized carbons (Fsp3) is 0.0588. The number of carbonyl (C=O) groups is 4. The van der Waals surface area contributed by atoms with Crippen LogP contribution in [0.1, 0.15) is 24.2 Å². The highest BCUT2D eigenvalue weighted by molar-refractivity contribution is 5.94. The Morgan fingerprint density at radius 1 is 0.595 bits per heavy atom. The number of hydrogen-bond donors (Lipinski definition) is 0. The molecule has 0 spiro atoms. The number of esters is 4. The minimum absolute atomic E-state index is 0.0539. The predicted molar refractivity (Wildman–Crippen MR) is 158 cm³/mol. The summed E-state index contributed by atoms with van der Waals surface area (Å²) in [6, 6.07) is 22.0. The van der Waals surface area contributed by atoms with Crippen LogP contribution in [0.25, 0.3) is 21.9 Å². The zero-order valence-corrected chi connectivity index (χ0v) is 23.0. The van der Waals surface area contributed by atoms with Gasteiger partial charge in [-0.1, -0.05) is 50.1 Å². The molecule has 0 bridgehead atoms. The van der Waals surface area contributed by atoms with E-state index in [-0.39, 0.29) is 28.4 Å². The van der Waals surface area contributed by atoms with Crippen LogP contribution in [0, 0.1) is 0 Å². The number of rotatable bonds is 9.